The van der Waals surface area contributed by atoms with Crippen molar-refractivity contribution >= 4 is 5.82 Å². The lowest BCUT2D eigenvalue weighted by Gasteiger charge is -2.11. The van der Waals surface area contributed by atoms with Gasteiger partial charge in [-0.2, -0.15) is 0 Å². The molecule has 0 spiro atoms. The zero-order valence-electron chi connectivity index (χ0n) is 11.5. The van der Waals surface area contributed by atoms with Gasteiger partial charge in [0.1, 0.15) is 17.9 Å². The van der Waals surface area contributed by atoms with Crippen molar-refractivity contribution in [2.24, 2.45) is 0 Å². The van der Waals surface area contributed by atoms with Crippen LogP contribution in [-0.2, 0) is 6.42 Å². The van der Waals surface area contributed by atoms with Crippen LogP contribution in [0.15, 0.2) is 24.8 Å². The van der Waals surface area contributed by atoms with E-state index < -0.39 is 0 Å². The number of aromatic nitrogens is 3. The van der Waals surface area contributed by atoms with Gasteiger partial charge in [-0.25, -0.2) is 9.97 Å². The summed E-state index contributed by atoms with van der Waals surface area (Å²) in [5.74, 6) is 1.61. The number of nitrogens with zero attached hydrogens (tertiary/aromatic N) is 3. The maximum Gasteiger partial charge on any atom is 0.138 e. The first-order valence-electron chi connectivity index (χ1n) is 6.40. The van der Waals surface area contributed by atoms with Crippen LogP contribution in [0.4, 0.5) is 5.82 Å². The molecular weight excluding hydrogens is 240 g/mol. The number of hydrogen-bond donors (Lipinski definition) is 1. The lowest BCUT2D eigenvalue weighted by Crippen LogP contribution is -2.02. The van der Waals surface area contributed by atoms with Crippen molar-refractivity contribution in [2.45, 2.75) is 20.3 Å². The largest absolute Gasteiger partial charge is 0.492 e. The van der Waals surface area contributed by atoms with Crippen molar-refractivity contribution in [3.8, 4) is 17.0 Å². The van der Waals surface area contributed by atoms with Crippen LogP contribution in [0.5, 0.6) is 5.75 Å². The van der Waals surface area contributed by atoms with Gasteiger partial charge in [0.2, 0.25) is 0 Å². The molecule has 5 heteroatoms. The highest BCUT2D eigenvalue weighted by Crippen LogP contribution is 2.27. The summed E-state index contributed by atoms with van der Waals surface area (Å²) in [6.45, 7) is 4.66. The van der Waals surface area contributed by atoms with Crippen LogP contribution in [0, 0.1) is 0 Å². The van der Waals surface area contributed by atoms with Gasteiger partial charge in [-0.15, -0.1) is 0 Å². The molecule has 0 saturated carbocycles. The van der Waals surface area contributed by atoms with E-state index in [1.807, 2.05) is 20.0 Å². The van der Waals surface area contributed by atoms with E-state index in [1.54, 1.807) is 18.7 Å². The van der Waals surface area contributed by atoms with Crippen molar-refractivity contribution in [3.63, 3.8) is 0 Å². The van der Waals surface area contributed by atoms with Crippen molar-refractivity contribution in [2.75, 3.05) is 19.0 Å². The lowest BCUT2D eigenvalue weighted by atomic mass is 10.1. The van der Waals surface area contributed by atoms with Crippen LogP contribution in [0.1, 0.15) is 19.4 Å². The summed E-state index contributed by atoms with van der Waals surface area (Å²) in [7, 11) is 1.86. The third-order valence-corrected chi connectivity index (χ3v) is 2.83. The third-order valence-electron chi connectivity index (χ3n) is 2.83. The van der Waals surface area contributed by atoms with Crippen LogP contribution in [0.25, 0.3) is 11.3 Å². The Labute approximate surface area is 113 Å². The normalized spacial score (nSPS) is 10.3. The summed E-state index contributed by atoms with van der Waals surface area (Å²) in [6, 6.07) is 1.96. The summed E-state index contributed by atoms with van der Waals surface area (Å²) in [5, 5.41) is 3.09. The molecule has 19 heavy (non-hydrogen) atoms. The first kappa shape index (κ1) is 13.3. The third kappa shape index (κ3) is 2.81. The van der Waals surface area contributed by atoms with Crippen LogP contribution >= 0.6 is 0 Å². The molecular formula is C14H18N4O. The molecule has 100 valence electrons. The zero-order chi connectivity index (χ0) is 13.7. The van der Waals surface area contributed by atoms with Gasteiger partial charge < -0.3 is 10.1 Å². The van der Waals surface area contributed by atoms with Gasteiger partial charge in [0, 0.05) is 24.4 Å². The molecule has 5 nitrogen and oxygen atoms in total. The molecule has 0 amide bonds. The van der Waals surface area contributed by atoms with E-state index in [-0.39, 0.29) is 0 Å². The Bertz CT molecular complexity index is 557. The molecule has 0 aliphatic carbocycles. The molecule has 1 N–H and O–H groups in total. The van der Waals surface area contributed by atoms with E-state index in [2.05, 4.69) is 27.2 Å². The van der Waals surface area contributed by atoms with Crippen molar-refractivity contribution in [1.82, 2.24) is 15.0 Å². The first-order valence-corrected chi connectivity index (χ1v) is 6.40. The van der Waals surface area contributed by atoms with Gasteiger partial charge in [0.25, 0.3) is 0 Å². The summed E-state index contributed by atoms with van der Waals surface area (Å²) in [4.78, 5) is 12.8. The molecule has 0 unspecified atom stereocenters. The molecule has 0 radical (unpaired) electrons. The van der Waals surface area contributed by atoms with Crippen LogP contribution in [-0.4, -0.2) is 28.6 Å². The van der Waals surface area contributed by atoms with E-state index in [0.29, 0.717) is 6.61 Å². The molecule has 0 bridgehead atoms. The number of nitrogens with one attached hydrogen (secondary N) is 1. The van der Waals surface area contributed by atoms with Crippen LogP contribution in [0.3, 0.4) is 0 Å². The fourth-order valence-electron chi connectivity index (χ4n) is 2.01. The molecule has 0 fully saturated rings. The fourth-order valence-corrected chi connectivity index (χ4v) is 2.01. The lowest BCUT2D eigenvalue weighted by molar-refractivity contribution is 0.339. The quantitative estimate of drug-likeness (QED) is 0.893. The van der Waals surface area contributed by atoms with Gasteiger partial charge in [-0.1, -0.05) is 6.92 Å². The zero-order valence-corrected chi connectivity index (χ0v) is 11.5. The standard InChI is InChI=1S/C14H18N4O/c1-4-12-13(17-9-18-14(12)15-3)10-6-11(19-5-2)8-16-7-10/h6-9H,4-5H2,1-3H3,(H,15,17,18). The topological polar surface area (TPSA) is 59.9 Å². The molecule has 2 aromatic rings. The maximum absolute atomic E-state index is 5.48. The van der Waals surface area contributed by atoms with Crippen molar-refractivity contribution in [3.05, 3.63) is 30.4 Å². The molecule has 0 aliphatic heterocycles. The van der Waals surface area contributed by atoms with E-state index >= 15 is 0 Å². The minimum absolute atomic E-state index is 0.622. The number of anilines is 1. The average molecular weight is 258 g/mol. The smallest absolute Gasteiger partial charge is 0.138 e. The summed E-state index contributed by atoms with van der Waals surface area (Å²) in [5.41, 5.74) is 2.93. The maximum atomic E-state index is 5.48. The Kier molecular flexibility index (Phi) is 4.28. The average Bonchev–Trinajstić information content (AvgIpc) is 2.47. The highest BCUT2D eigenvalue weighted by atomic mass is 16.5. The van der Waals surface area contributed by atoms with E-state index in [0.717, 1.165) is 34.8 Å². The second kappa shape index (κ2) is 6.13. The van der Waals surface area contributed by atoms with Gasteiger partial charge >= 0.3 is 0 Å². The Morgan fingerprint density at radius 2 is 2.05 bits per heavy atom. The summed E-state index contributed by atoms with van der Waals surface area (Å²) in [6.07, 6.45) is 5.92. The van der Waals surface area contributed by atoms with Crippen LogP contribution in [0.2, 0.25) is 0 Å². The van der Waals surface area contributed by atoms with Gasteiger partial charge in [0.15, 0.2) is 0 Å². The molecule has 0 saturated heterocycles. The predicted molar refractivity (Wildman–Crippen MR) is 75.4 cm³/mol. The van der Waals surface area contributed by atoms with Gasteiger partial charge in [-0.05, 0) is 19.4 Å². The van der Waals surface area contributed by atoms with Gasteiger partial charge in [0.05, 0.1) is 18.5 Å². The highest BCUT2D eigenvalue weighted by Gasteiger charge is 2.11. The molecule has 2 rings (SSSR count). The summed E-state index contributed by atoms with van der Waals surface area (Å²) >= 11 is 0. The van der Waals surface area contributed by atoms with Crippen molar-refractivity contribution in [1.29, 1.82) is 0 Å². The second-order valence-electron chi connectivity index (χ2n) is 4.00. The molecule has 0 aliphatic rings. The van der Waals surface area contributed by atoms with E-state index in [9.17, 15) is 0 Å². The van der Waals surface area contributed by atoms with Crippen LogP contribution < -0.4 is 10.1 Å². The van der Waals surface area contributed by atoms with Gasteiger partial charge in [-0.3, -0.25) is 4.98 Å². The molecule has 2 heterocycles. The second-order valence-corrected chi connectivity index (χ2v) is 4.00. The van der Waals surface area contributed by atoms with Crippen molar-refractivity contribution < 1.29 is 4.74 Å². The SMILES string of the molecule is CCOc1cncc(-c2ncnc(NC)c2CC)c1. The van der Waals surface area contributed by atoms with E-state index in [1.165, 1.54) is 0 Å². The fraction of sp³-hybridized carbons (Fsp3) is 0.357. The molecule has 2 aromatic heterocycles. The first-order chi connectivity index (χ1) is 9.30. The predicted octanol–water partition coefficient (Wildman–Crippen LogP) is 2.54. The molecule has 0 atom stereocenters. The molecule has 0 aromatic carbocycles. The highest BCUT2D eigenvalue weighted by molar-refractivity contribution is 5.68. The minimum atomic E-state index is 0.622. The number of rotatable bonds is 5. The number of ether oxygens (including phenoxy) is 1. The van der Waals surface area contributed by atoms with E-state index in [4.69, 9.17) is 4.74 Å². The monoisotopic (exact) mass is 258 g/mol. The summed E-state index contributed by atoms with van der Waals surface area (Å²) < 4.78 is 5.48. The minimum Gasteiger partial charge on any atom is -0.492 e. The number of hydrogen-bond acceptors (Lipinski definition) is 5. The Morgan fingerprint density at radius 1 is 1.21 bits per heavy atom. The Morgan fingerprint density at radius 3 is 2.74 bits per heavy atom. The Balaban J connectivity index is 2.49. The Hall–Kier alpha value is -2.17. The number of pyridine rings is 1.